The Labute approximate surface area is 177 Å². The number of nitrogens with one attached hydrogen (secondary N) is 1. The van der Waals surface area contributed by atoms with Crippen LogP contribution in [0.1, 0.15) is 20.7 Å². The van der Waals surface area contributed by atoms with Crippen LogP contribution in [-0.2, 0) is 4.74 Å². The Morgan fingerprint density at radius 1 is 0.968 bits per heavy atom. The first-order valence-electron chi connectivity index (χ1n) is 9.26. The largest absolute Gasteiger partial charge is 0.493 e. The van der Waals surface area contributed by atoms with Crippen molar-refractivity contribution in [3.05, 3.63) is 64.0 Å². The van der Waals surface area contributed by atoms with Gasteiger partial charge >= 0.3 is 11.6 Å². The van der Waals surface area contributed by atoms with E-state index in [9.17, 15) is 14.4 Å². The maximum absolute atomic E-state index is 12.5. The molecule has 1 aromatic heterocycles. The van der Waals surface area contributed by atoms with Crippen molar-refractivity contribution in [2.45, 2.75) is 0 Å². The van der Waals surface area contributed by atoms with Crippen LogP contribution in [0.3, 0.4) is 0 Å². The molecule has 31 heavy (non-hydrogen) atoms. The van der Waals surface area contributed by atoms with Crippen LogP contribution >= 0.6 is 0 Å². The van der Waals surface area contributed by atoms with E-state index in [1.807, 2.05) is 0 Å². The van der Waals surface area contributed by atoms with Crippen LogP contribution in [0.4, 0.5) is 0 Å². The minimum absolute atomic E-state index is 0.126. The maximum Gasteiger partial charge on any atom is 0.349 e. The lowest BCUT2D eigenvalue weighted by molar-refractivity contribution is 0.0734. The van der Waals surface area contributed by atoms with Gasteiger partial charge in [0.05, 0.1) is 26.4 Å². The Morgan fingerprint density at radius 2 is 1.74 bits per heavy atom. The average Bonchev–Trinajstić information content (AvgIpc) is 2.78. The van der Waals surface area contributed by atoms with Crippen molar-refractivity contribution in [2.24, 2.45) is 0 Å². The number of amides is 1. The third kappa shape index (κ3) is 5.01. The van der Waals surface area contributed by atoms with Gasteiger partial charge in [-0.3, -0.25) is 4.79 Å². The van der Waals surface area contributed by atoms with E-state index in [1.165, 1.54) is 45.6 Å². The summed E-state index contributed by atoms with van der Waals surface area (Å²) in [7, 11) is 4.46. The quantitative estimate of drug-likeness (QED) is 0.252. The van der Waals surface area contributed by atoms with Crippen LogP contribution in [0.5, 0.6) is 17.2 Å². The minimum atomic E-state index is -0.800. The van der Waals surface area contributed by atoms with Gasteiger partial charge in [-0.25, -0.2) is 9.59 Å². The molecule has 1 amide bonds. The Balaban J connectivity index is 1.81. The van der Waals surface area contributed by atoms with Crippen LogP contribution in [0.25, 0.3) is 11.0 Å². The number of ether oxygens (including phenoxy) is 4. The fourth-order valence-corrected chi connectivity index (χ4v) is 2.80. The molecule has 1 N–H and O–H groups in total. The normalized spacial score (nSPS) is 10.5. The highest BCUT2D eigenvalue weighted by Crippen LogP contribution is 2.28. The molecule has 0 saturated heterocycles. The van der Waals surface area contributed by atoms with Gasteiger partial charge in [0.1, 0.15) is 16.9 Å². The highest BCUT2D eigenvalue weighted by molar-refractivity contribution is 5.97. The van der Waals surface area contributed by atoms with E-state index in [0.717, 1.165) is 0 Å². The first-order chi connectivity index (χ1) is 15.0. The van der Waals surface area contributed by atoms with E-state index in [0.29, 0.717) is 23.5 Å². The number of esters is 1. The molecule has 162 valence electrons. The van der Waals surface area contributed by atoms with Gasteiger partial charge in [-0.1, -0.05) is 0 Å². The van der Waals surface area contributed by atoms with E-state index >= 15 is 0 Å². The van der Waals surface area contributed by atoms with Crippen LogP contribution in [0.2, 0.25) is 0 Å². The summed E-state index contributed by atoms with van der Waals surface area (Å²) >= 11 is 0. The third-order valence-electron chi connectivity index (χ3n) is 4.37. The zero-order valence-electron chi connectivity index (χ0n) is 17.2. The van der Waals surface area contributed by atoms with Crippen molar-refractivity contribution in [1.29, 1.82) is 0 Å². The molecule has 0 unspecified atom stereocenters. The van der Waals surface area contributed by atoms with Crippen molar-refractivity contribution >= 4 is 22.8 Å². The van der Waals surface area contributed by atoms with Gasteiger partial charge in [-0.15, -0.1) is 0 Å². The number of carbonyl (C=O) groups excluding carboxylic acids is 2. The third-order valence-corrected chi connectivity index (χ3v) is 4.37. The monoisotopic (exact) mass is 427 g/mol. The molecular weight excluding hydrogens is 406 g/mol. The van der Waals surface area contributed by atoms with Gasteiger partial charge in [0.25, 0.3) is 5.91 Å². The fraction of sp³-hybridized carbons (Fsp3) is 0.227. The number of rotatable bonds is 8. The molecule has 0 atom stereocenters. The summed E-state index contributed by atoms with van der Waals surface area (Å²) in [5, 5.41) is 3.07. The van der Waals surface area contributed by atoms with Crippen LogP contribution in [-0.4, -0.2) is 46.4 Å². The van der Waals surface area contributed by atoms with E-state index in [1.54, 1.807) is 18.2 Å². The molecular formula is C22H21NO8. The van der Waals surface area contributed by atoms with Crippen molar-refractivity contribution in [2.75, 3.05) is 34.5 Å². The number of hydrogen-bond acceptors (Lipinski definition) is 8. The molecule has 0 aliphatic rings. The van der Waals surface area contributed by atoms with Gasteiger partial charge in [0.15, 0.2) is 11.5 Å². The number of fused-ring (bicyclic) bond motifs is 1. The second-order valence-electron chi connectivity index (χ2n) is 6.36. The Kier molecular flexibility index (Phi) is 6.88. The first kappa shape index (κ1) is 21.8. The smallest absolute Gasteiger partial charge is 0.349 e. The average molecular weight is 427 g/mol. The first-order valence-corrected chi connectivity index (χ1v) is 9.26. The van der Waals surface area contributed by atoms with Crippen molar-refractivity contribution in [1.82, 2.24) is 5.32 Å². The SMILES string of the molecule is COCCNC(=O)c1cc2ccc(OC(=O)c3ccc(OC)c(OC)c3)cc2oc1=O. The number of carbonyl (C=O) groups is 2. The summed E-state index contributed by atoms with van der Waals surface area (Å²) < 4.78 is 25.8. The van der Waals surface area contributed by atoms with E-state index in [2.05, 4.69) is 5.32 Å². The highest BCUT2D eigenvalue weighted by Gasteiger charge is 2.16. The summed E-state index contributed by atoms with van der Waals surface area (Å²) in [6.07, 6.45) is 0. The maximum atomic E-state index is 12.5. The second-order valence-corrected chi connectivity index (χ2v) is 6.36. The predicted molar refractivity (Wildman–Crippen MR) is 111 cm³/mol. The van der Waals surface area contributed by atoms with Crippen molar-refractivity contribution in [3.8, 4) is 17.2 Å². The molecule has 3 aromatic rings. The summed E-state index contributed by atoms with van der Waals surface area (Å²) in [5.41, 5.74) is -0.497. The second kappa shape index (κ2) is 9.77. The zero-order chi connectivity index (χ0) is 22.4. The van der Waals surface area contributed by atoms with Crippen LogP contribution in [0.15, 0.2) is 51.7 Å². The van der Waals surface area contributed by atoms with Crippen LogP contribution in [0, 0.1) is 0 Å². The molecule has 3 rings (SSSR count). The highest BCUT2D eigenvalue weighted by atomic mass is 16.5. The predicted octanol–water partition coefficient (Wildman–Crippen LogP) is 2.41. The van der Waals surface area contributed by atoms with Gasteiger partial charge < -0.3 is 28.7 Å². The summed E-state index contributed by atoms with van der Waals surface area (Å²) in [5.74, 6) is -0.146. The molecule has 0 spiro atoms. The lowest BCUT2D eigenvalue weighted by atomic mass is 10.1. The Bertz CT molecular complexity index is 1170. The van der Waals surface area contributed by atoms with E-state index in [4.69, 9.17) is 23.4 Å². The fourth-order valence-electron chi connectivity index (χ4n) is 2.80. The molecule has 1 heterocycles. The van der Waals surface area contributed by atoms with Crippen LogP contribution < -0.4 is 25.2 Å². The van der Waals surface area contributed by atoms with Gasteiger partial charge in [-0.05, 0) is 36.4 Å². The molecule has 0 aliphatic heterocycles. The van der Waals surface area contributed by atoms with Gasteiger partial charge in [-0.2, -0.15) is 0 Å². The van der Waals surface area contributed by atoms with Gasteiger partial charge in [0, 0.05) is 25.1 Å². The lowest BCUT2D eigenvalue weighted by Crippen LogP contribution is -2.30. The minimum Gasteiger partial charge on any atom is -0.493 e. The molecule has 0 aliphatic carbocycles. The lowest BCUT2D eigenvalue weighted by Gasteiger charge is -2.10. The molecule has 0 fully saturated rings. The molecule has 0 bridgehead atoms. The van der Waals surface area contributed by atoms with Gasteiger partial charge in [0.2, 0.25) is 0 Å². The molecule has 0 saturated carbocycles. The number of methoxy groups -OCH3 is 3. The molecule has 0 radical (unpaired) electrons. The molecule has 9 nitrogen and oxygen atoms in total. The number of hydrogen-bond donors (Lipinski definition) is 1. The zero-order valence-corrected chi connectivity index (χ0v) is 17.2. The van der Waals surface area contributed by atoms with E-state index < -0.39 is 17.5 Å². The number of benzene rings is 2. The van der Waals surface area contributed by atoms with Crippen molar-refractivity contribution < 1.29 is 33.0 Å². The Hall–Kier alpha value is -3.85. The standard InChI is InChI=1S/C22H21NO8/c1-27-9-8-23-20(24)16-10-13-4-6-15(12-18(13)31-22(16)26)30-21(25)14-5-7-17(28-2)19(11-14)29-3/h4-7,10-12H,8-9H2,1-3H3,(H,23,24). The topological polar surface area (TPSA) is 113 Å². The van der Waals surface area contributed by atoms with E-state index in [-0.39, 0.29) is 29.0 Å². The Morgan fingerprint density at radius 3 is 2.45 bits per heavy atom. The summed E-state index contributed by atoms with van der Waals surface area (Å²) in [6.45, 7) is 0.581. The van der Waals surface area contributed by atoms with Crippen molar-refractivity contribution in [3.63, 3.8) is 0 Å². The summed E-state index contributed by atoms with van der Waals surface area (Å²) in [6, 6.07) is 10.6. The summed E-state index contributed by atoms with van der Waals surface area (Å²) in [4.78, 5) is 36.8. The molecule has 2 aromatic carbocycles. The molecule has 9 heteroatoms.